The molecular weight excluding hydrogens is 407 g/mol. The minimum atomic E-state index is -0.555. The van der Waals surface area contributed by atoms with Crippen LogP contribution in [0.2, 0.25) is 0 Å². The summed E-state index contributed by atoms with van der Waals surface area (Å²) in [7, 11) is 3.81. The highest BCUT2D eigenvalue weighted by Gasteiger charge is 2.39. The second-order valence-corrected chi connectivity index (χ2v) is 10.1. The van der Waals surface area contributed by atoms with E-state index in [0.29, 0.717) is 17.3 Å². The van der Waals surface area contributed by atoms with Gasteiger partial charge < -0.3 is 15.3 Å². The molecular formula is C24H31FN6O. The summed E-state index contributed by atoms with van der Waals surface area (Å²) in [6.45, 7) is 8.85. The maximum absolute atomic E-state index is 14.9. The van der Waals surface area contributed by atoms with Gasteiger partial charge in [0, 0.05) is 43.0 Å². The van der Waals surface area contributed by atoms with Crippen molar-refractivity contribution in [1.29, 1.82) is 0 Å². The smallest absolute Gasteiger partial charge is 0.151 e. The Labute approximate surface area is 188 Å². The van der Waals surface area contributed by atoms with Crippen LogP contribution < -0.4 is 10.2 Å². The Balaban J connectivity index is 1.59. The Morgan fingerprint density at radius 3 is 2.31 bits per heavy atom. The number of nitrogens with one attached hydrogen (secondary N) is 1. The van der Waals surface area contributed by atoms with Crippen molar-refractivity contribution in [2.75, 3.05) is 11.9 Å². The van der Waals surface area contributed by atoms with Gasteiger partial charge in [-0.2, -0.15) is 5.10 Å². The minimum absolute atomic E-state index is 0.0129. The summed E-state index contributed by atoms with van der Waals surface area (Å²) in [4.78, 5) is 2.14. The van der Waals surface area contributed by atoms with Crippen molar-refractivity contribution >= 4 is 5.82 Å². The molecule has 1 aliphatic rings. The number of phenols is 1. The summed E-state index contributed by atoms with van der Waals surface area (Å²) in [5.41, 5.74) is 1.64. The van der Waals surface area contributed by atoms with Gasteiger partial charge in [0.2, 0.25) is 0 Å². The first-order valence-corrected chi connectivity index (χ1v) is 10.8. The van der Waals surface area contributed by atoms with Gasteiger partial charge in [0.05, 0.1) is 17.5 Å². The van der Waals surface area contributed by atoms with Crippen molar-refractivity contribution in [2.45, 2.75) is 57.7 Å². The zero-order chi connectivity index (χ0) is 23.3. The Morgan fingerprint density at radius 2 is 1.78 bits per heavy atom. The van der Waals surface area contributed by atoms with Gasteiger partial charge in [-0.05, 0) is 70.4 Å². The predicted octanol–water partition coefficient (Wildman–Crippen LogP) is 4.13. The van der Waals surface area contributed by atoms with E-state index in [9.17, 15) is 9.50 Å². The highest BCUT2D eigenvalue weighted by Crippen LogP contribution is 2.36. The highest BCUT2D eigenvalue weighted by molar-refractivity contribution is 5.74. The van der Waals surface area contributed by atoms with Gasteiger partial charge in [0.15, 0.2) is 5.82 Å². The average molecular weight is 439 g/mol. The summed E-state index contributed by atoms with van der Waals surface area (Å²) in [5, 5.41) is 26.9. The Hall–Kier alpha value is -3.00. The number of anilines is 1. The Morgan fingerprint density at radius 1 is 1.09 bits per heavy atom. The first kappa shape index (κ1) is 22.2. The molecule has 0 bridgehead atoms. The summed E-state index contributed by atoms with van der Waals surface area (Å²) < 4.78 is 16.6. The van der Waals surface area contributed by atoms with E-state index in [-0.39, 0.29) is 22.4 Å². The topological polar surface area (TPSA) is 79.1 Å². The number of rotatable bonds is 4. The van der Waals surface area contributed by atoms with E-state index in [4.69, 9.17) is 0 Å². The van der Waals surface area contributed by atoms with E-state index < -0.39 is 5.82 Å². The normalized spacial score (nSPS) is 18.0. The lowest BCUT2D eigenvalue weighted by molar-refractivity contribution is 0.160. The molecule has 3 aromatic rings. The third-order valence-electron chi connectivity index (χ3n) is 6.09. The van der Waals surface area contributed by atoms with Gasteiger partial charge in [-0.3, -0.25) is 4.68 Å². The van der Waals surface area contributed by atoms with Gasteiger partial charge >= 0.3 is 0 Å². The lowest BCUT2D eigenvalue weighted by atomic mass is 9.79. The van der Waals surface area contributed by atoms with E-state index >= 15 is 0 Å². The van der Waals surface area contributed by atoms with E-state index in [1.54, 1.807) is 30.2 Å². The summed E-state index contributed by atoms with van der Waals surface area (Å²) in [6.07, 6.45) is 5.34. The summed E-state index contributed by atoms with van der Waals surface area (Å²) in [5.74, 6) is -0.0126. The minimum Gasteiger partial charge on any atom is -0.507 e. The monoisotopic (exact) mass is 438 g/mol. The molecule has 0 atom stereocenters. The molecule has 1 saturated heterocycles. The quantitative estimate of drug-likeness (QED) is 0.638. The molecule has 3 heterocycles. The molecule has 2 aromatic heterocycles. The third-order valence-corrected chi connectivity index (χ3v) is 6.09. The maximum atomic E-state index is 14.9. The number of aryl methyl sites for hydroxylation is 1. The predicted molar refractivity (Wildman–Crippen MR) is 124 cm³/mol. The van der Waals surface area contributed by atoms with Gasteiger partial charge in [-0.15, -0.1) is 10.2 Å². The summed E-state index contributed by atoms with van der Waals surface area (Å²) in [6, 6.07) is 6.74. The van der Waals surface area contributed by atoms with E-state index in [1.165, 1.54) is 12.1 Å². The molecule has 170 valence electrons. The first-order valence-electron chi connectivity index (χ1n) is 10.8. The molecule has 8 heteroatoms. The molecule has 0 saturated carbocycles. The fourth-order valence-electron chi connectivity index (χ4n) is 4.96. The number of nitrogens with zero attached hydrogens (tertiary/aromatic N) is 5. The van der Waals surface area contributed by atoms with Crippen LogP contribution in [0.4, 0.5) is 10.2 Å². The number of benzene rings is 1. The van der Waals surface area contributed by atoms with Crippen LogP contribution in [0, 0.1) is 5.82 Å². The van der Waals surface area contributed by atoms with Crippen LogP contribution in [0.15, 0.2) is 36.7 Å². The molecule has 32 heavy (non-hydrogen) atoms. The molecule has 2 N–H and O–H groups in total. The fourth-order valence-corrected chi connectivity index (χ4v) is 4.96. The first-order chi connectivity index (χ1) is 14.9. The van der Waals surface area contributed by atoms with Crippen molar-refractivity contribution in [1.82, 2.24) is 25.3 Å². The Kier molecular flexibility index (Phi) is 5.45. The van der Waals surface area contributed by atoms with Crippen molar-refractivity contribution < 1.29 is 9.50 Å². The highest BCUT2D eigenvalue weighted by atomic mass is 19.1. The van der Waals surface area contributed by atoms with Crippen LogP contribution in [0.5, 0.6) is 5.75 Å². The standard InChI is InChI=1S/C24H31FN6O/c1-23(2)11-17(12-24(3,4)29-23)31(6)21-8-7-19(27-28-21)22-18(25)9-15(10-20(22)32)16-13-26-30(5)14-16/h7-10,13-14,17,29,32H,11-12H2,1-6H3. The fraction of sp³-hybridized carbons (Fsp3) is 0.458. The number of halogens is 1. The van der Waals surface area contributed by atoms with Crippen molar-refractivity contribution in [3.8, 4) is 28.1 Å². The van der Waals surface area contributed by atoms with Crippen LogP contribution >= 0.6 is 0 Å². The third kappa shape index (κ3) is 4.46. The molecule has 1 fully saturated rings. The average Bonchev–Trinajstić information content (AvgIpc) is 3.11. The van der Waals surface area contributed by atoms with Gasteiger partial charge in [0.1, 0.15) is 11.6 Å². The summed E-state index contributed by atoms with van der Waals surface area (Å²) >= 11 is 0. The maximum Gasteiger partial charge on any atom is 0.151 e. The lowest BCUT2D eigenvalue weighted by Gasteiger charge is -2.49. The zero-order valence-corrected chi connectivity index (χ0v) is 19.5. The van der Waals surface area contributed by atoms with E-state index in [2.05, 4.69) is 53.2 Å². The SMILES string of the molecule is CN(c1ccc(-c2c(O)cc(-c3cnn(C)c3)cc2F)nn1)C1CC(C)(C)NC(C)(C)C1. The number of hydrogen-bond acceptors (Lipinski definition) is 6. The molecule has 4 rings (SSSR count). The Bertz CT molecular complexity index is 1080. The van der Waals surface area contributed by atoms with Crippen LogP contribution in [0.3, 0.4) is 0 Å². The van der Waals surface area contributed by atoms with Gasteiger partial charge in [0.25, 0.3) is 0 Å². The molecule has 0 spiro atoms. The van der Waals surface area contributed by atoms with Gasteiger partial charge in [-0.25, -0.2) is 4.39 Å². The lowest BCUT2D eigenvalue weighted by Crippen LogP contribution is -2.62. The second kappa shape index (κ2) is 7.85. The van der Waals surface area contributed by atoms with Crippen LogP contribution in [0.1, 0.15) is 40.5 Å². The zero-order valence-electron chi connectivity index (χ0n) is 19.5. The molecule has 7 nitrogen and oxygen atoms in total. The molecule has 0 amide bonds. The van der Waals surface area contributed by atoms with E-state index in [0.717, 1.165) is 24.2 Å². The largest absolute Gasteiger partial charge is 0.507 e. The number of aromatic nitrogens is 4. The van der Waals surface area contributed by atoms with Crippen LogP contribution in [0.25, 0.3) is 22.4 Å². The van der Waals surface area contributed by atoms with Crippen molar-refractivity contribution in [3.05, 3.63) is 42.5 Å². The van der Waals surface area contributed by atoms with E-state index in [1.807, 2.05) is 13.1 Å². The molecule has 1 aliphatic heterocycles. The number of hydrogen-bond donors (Lipinski definition) is 2. The number of phenolic OH excluding ortho intramolecular Hbond substituents is 1. The van der Waals surface area contributed by atoms with Gasteiger partial charge in [-0.1, -0.05) is 0 Å². The van der Waals surface area contributed by atoms with Crippen molar-refractivity contribution in [2.24, 2.45) is 7.05 Å². The number of piperidine rings is 1. The molecule has 0 radical (unpaired) electrons. The van der Waals surface area contributed by atoms with Crippen LogP contribution in [-0.2, 0) is 7.05 Å². The number of aromatic hydroxyl groups is 1. The molecule has 0 unspecified atom stereocenters. The molecule has 1 aromatic carbocycles. The second-order valence-electron chi connectivity index (χ2n) is 10.1. The van der Waals surface area contributed by atoms with Crippen molar-refractivity contribution in [3.63, 3.8) is 0 Å². The molecule has 0 aliphatic carbocycles. The van der Waals surface area contributed by atoms with Crippen LogP contribution in [-0.4, -0.2) is 49.3 Å².